The molecule has 3 rings (SSSR count). The van der Waals surface area contributed by atoms with E-state index in [1.54, 1.807) is 12.1 Å². The monoisotopic (exact) mass is 496 g/mol. The van der Waals surface area contributed by atoms with Crippen molar-refractivity contribution in [2.45, 2.75) is 50.2 Å². The Kier molecular flexibility index (Phi) is 7.70. The van der Waals surface area contributed by atoms with Gasteiger partial charge in [0.05, 0.1) is 17.1 Å². The van der Waals surface area contributed by atoms with Gasteiger partial charge in [0.25, 0.3) is 5.91 Å². The molecule has 2 N–H and O–H groups in total. The van der Waals surface area contributed by atoms with Crippen LogP contribution >= 0.6 is 0 Å². The molecule has 2 aromatic rings. The average molecular weight is 497 g/mol. The summed E-state index contributed by atoms with van der Waals surface area (Å²) < 4.78 is 63.8. The zero-order valence-corrected chi connectivity index (χ0v) is 19.7. The fraction of sp³-hybridized carbons (Fsp3) is 0.417. The number of alkyl halides is 3. The van der Waals surface area contributed by atoms with E-state index in [1.165, 1.54) is 50.2 Å². The van der Waals surface area contributed by atoms with Crippen molar-refractivity contribution in [3.63, 3.8) is 0 Å². The van der Waals surface area contributed by atoms with Crippen LogP contribution in [-0.2, 0) is 21.1 Å². The number of rotatable bonds is 9. The first-order valence-corrected chi connectivity index (χ1v) is 12.6. The molecule has 0 aromatic heterocycles. The van der Waals surface area contributed by atoms with Gasteiger partial charge >= 0.3 is 6.18 Å². The van der Waals surface area contributed by atoms with E-state index in [2.05, 4.69) is 5.32 Å². The van der Waals surface area contributed by atoms with Gasteiger partial charge in [0, 0.05) is 11.3 Å². The quantitative estimate of drug-likeness (QED) is 0.539. The first kappa shape index (κ1) is 25.7. The molecule has 0 saturated heterocycles. The first-order chi connectivity index (χ1) is 15.8. The van der Waals surface area contributed by atoms with E-state index in [0.29, 0.717) is 11.3 Å². The molecule has 0 heterocycles. The molecule has 1 fully saturated rings. The van der Waals surface area contributed by atoms with E-state index in [9.17, 15) is 31.2 Å². The molecular formula is C24H27F3N2O4S. The number of benzene rings is 2. The summed E-state index contributed by atoms with van der Waals surface area (Å²) in [6.07, 6.45) is -2.67. The fourth-order valence-electron chi connectivity index (χ4n) is 3.45. The number of nitrogens with one attached hydrogen (secondary N) is 2. The zero-order valence-electron chi connectivity index (χ0n) is 18.9. The SMILES string of the molecule is CC(C)C(NC(=O)c1ccc(NC(=O)Cc2ccc(S(=O)(=O)CC3CC3)cc2)cc1)C(F)(F)F. The summed E-state index contributed by atoms with van der Waals surface area (Å²) in [7, 11) is -3.32. The van der Waals surface area contributed by atoms with Crippen LogP contribution in [0.5, 0.6) is 0 Å². The standard InChI is InChI=1S/C24H27F3N2O4S/c1-15(2)22(24(25,26)27)29-23(31)18-7-9-19(10-8-18)28-21(30)13-16-5-11-20(12-6-16)34(32,33)14-17-3-4-17/h5-12,15,17,22H,3-4,13-14H2,1-2H3,(H,28,30)(H,29,31). The molecule has 0 aliphatic heterocycles. The highest BCUT2D eigenvalue weighted by Gasteiger charge is 2.42. The molecule has 0 spiro atoms. The van der Waals surface area contributed by atoms with Crippen molar-refractivity contribution in [2.75, 3.05) is 11.1 Å². The fourth-order valence-corrected chi connectivity index (χ4v) is 5.15. The maximum absolute atomic E-state index is 13.1. The Morgan fingerprint density at radius 3 is 2.09 bits per heavy atom. The molecule has 184 valence electrons. The number of halogens is 3. The molecule has 1 saturated carbocycles. The number of hydrogen-bond acceptors (Lipinski definition) is 4. The number of carbonyl (C=O) groups excluding carboxylic acids is 2. The van der Waals surface area contributed by atoms with Crippen LogP contribution in [0.4, 0.5) is 18.9 Å². The molecule has 1 unspecified atom stereocenters. The van der Waals surface area contributed by atoms with Crippen molar-refractivity contribution < 1.29 is 31.2 Å². The smallest absolute Gasteiger partial charge is 0.340 e. The summed E-state index contributed by atoms with van der Waals surface area (Å²) in [5.41, 5.74) is 1.04. The van der Waals surface area contributed by atoms with E-state index >= 15 is 0 Å². The Morgan fingerprint density at radius 2 is 1.59 bits per heavy atom. The number of anilines is 1. The van der Waals surface area contributed by atoms with Gasteiger partial charge in [-0.1, -0.05) is 26.0 Å². The summed E-state index contributed by atoms with van der Waals surface area (Å²) in [4.78, 5) is 24.8. The van der Waals surface area contributed by atoms with Crippen LogP contribution < -0.4 is 10.6 Å². The second-order valence-corrected chi connectivity index (χ2v) is 10.9. The molecule has 2 aromatic carbocycles. The van der Waals surface area contributed by atoms with Crippen LogP contribution in [0.15, 0.2) is 53.4 Å². The third kappa shape index (κ3) is 7.06. The van der Waals surface area contributed by atoms with Gasteiger partial charge in [-0.05, 0) is 66.6 Å². The number of hydrogen-bond donors (Lipinski definition) is 2. The van der Waals surface area contributed by atoms with Crippen molar-refractivity contribution in [1.29, 1.82) is 0 Å². The lowest BCUT2D eigenvalue weighted by Gasteiger charge is -2.24. The van der Waals surface area contributed by atoms with Crippen molar-refractivity contribution in [1.82, 2.24) is 5.32 Å². The van der Waals surface area contributed by atoms with E-state index in [1.807, 2.05) is 5.32 Å². The lowest BCUT2D eigenvalue weighted by Crippen LogP contribution is -2.48. The highest BCUT2D eigenvalue weighted by Crippen LogP contribution is 2.32. The van der Waals surface area contributed by atoms with Gasteiger partial charge in [0.2, 0.25) is 5.91 Å². The first-order valence-electron chi connectivity index (χ1n) is 10.9. The molecule has 1 atom stereocenters. The Balaban J connectivity index is 1.56. The molecule has 34 heavy (non-hydrogen) atoms. The van der Waals surface area contributed by atoms with Gasteiger partial charge in [-0.15, -0.1) is 0 Å². The Morgan fingerprint density at radius 1 is 1.00 bits per heavy atom. The van der Waals surface area contributed by atoms with Gasteiger partial charge in [-0.2, -0.15) is 13.2 Å². The maximum atomic E-state index is 13.1. The van der Waals surface area contributed by atoms with Gasteiger partial charge in [0.15, 0.2) is 9.84 Å². The van der Waals surface area contributed by atoms with Crippen LogP contribution in [0.2, 0.25) is 0 Å². The third-order valence-electron chi connectivity index (χ3n) is 5.54. The minimum atomic E-state index is -4.56. The predicted octanol–water partition coefficient (Wildman–Crippen LogP) is 4.37. The van der Waals surface area contributed by atoms with Crippen LogP contribution in [0.25, 0.3) is 0 Å². The summed E-state index contributed by atoms with van der Waals surface area (Å²) in [6.45, 7) is 2.75. The second-order valence-electron chi connectivity index (χ2n) is 8.91. The molecule has 6 nitrogen and oxygen atoms in total. The number of amides is 2. The molecule has 1 aliphatic rings. The van der Waals surface area contributed by atoms with Crippen molar-refractivity contribution in [3.8, 4) is 0 Å². The van der Waals surface area contributed by atoms with Crippen LogP contribution in [0.1, 0.15) is 42.6 Å². The highest BCUT2D eigenvalue weighted by molar-refractivity contribution is 7.91. The summed E-state index contributed by atoms with van der Waals surface area (Å²) in [5, 5.41) is 4.65. The molecule has 0 radical (unpaired) electrons. The molecular weight excluding hydrogens is 469 g/mol. The minimum absolute atomic E-state index is 0.00679. The highest BCUT2D eigenvalue weighted by atomic mass is 32.2. The van der Waals surface area contributed by atoms with Crippen LogP contribution in [0.3, 0.4) is 0 Å². The van der Waals surface area contributed by atoms with E-state index in [4.69, 9.17) is 0 Å². The normalized spacial score (nSPS) is 15.1. The van der Waals surface area contributed by atoms with Crippen molar-refractivity contribution in [3.05, 3.63) is 59.7 Å². The second kappa shape index (κ2) is 10.2. The zero-order chi connectivity index (χ0) is 25.1. The van der Waals surface area contributed by atoms with Crippen LogP contribution in [0, 0.1) is 11.8 Å². The molecule has 2 amide bonds. The largest absolute Gasteiger partial charge is 0.408 e. The molecule has 0 bridgehead atoms. The minimum Gasteiger partial charge on any atom is -0.340 e. The van der Waals surface area contributed by atoms with Crippen LogP contribution in [-0.4, -0.2) is 38.2 Å². The summed E-state index contributed by atoms with van der Waals surface area (Å²) in [5.74, 6) is -1.65. The predicted molar refractivity (Wildman–Crippen MR) is 122 cm³/mol. The topological polar surface area (TPSA) is 92.3 Å². The van der Waals surface area contributed by atoms with Gasteiger partial charge in [-0.3, -0.25) is 9.59 Å². The summed E-state index contributed by atoms with van der Waals surface area (Å²) >= 11 is 0. The van der Waals surface area contributed by atoms with Gasteiger partial charge < -0.3 is 10.6 Å². The molecule has 1 aliphatic carbocycles. The number of carbonyl (C=O) groups is 2. The van der Waals surface area contributed by atoms with Gasteiger partial charge in [0.1, 0.15) is 6.04 Å². The Hall–Kier alpha value is -2.88. The van der Waals surface area contributed by atoms with E-state index in [0.717, 1.165) is 12.8 Å². The Bertz CT molecular complexity index is 1120. The lowest BCUT2D eigenvalue weighted by molar-refractivity contribution is -0.162. The Labute approximate surface area is 196 Å². The maximum Gasteiger partial charge on any atom is 0.408 e. The van der Waals surface area contributed by atoms with Gasteiger partial charge in [-0.25, -0.2) is 8.42 Å². The third-order valence-corrected chi connectivity index (χ3v) is 7.44. The van der Waals surface area contributed by atoms with E-state index in [-0.39, 0.29) is 34.5 Å². The lowest BCUT2D eigenvalue weighted by atomic mass is 10.0. The average Bonchev–Trinajstić information content (AvgIpc) is 3.55. The summed E-state index contributed by atoms with van der Waals surface area (Å²) in [6, 6.07) is 9.75. The molecule has 10 heteroatoms. The van der Waals surface area contributed by atoms with Crippen molar-refractivity contribution in [2.24, 2.45) is 11.8 Å². The van der Waals surface area contributed by atoms with E-state index < -0.39 is 33.9 Å². The van der Waals surface area contributed by atoms with Crippen molar-refractivity contribution >= 4 is 27.3 Å². The number of sulfone groups is 1.